The van der Waals surface area contributed by atoms with E-state index in [2.05, 4.69) is 5.10 Å². The number of hydrogen-bond donors (Lipinski definition) is 0. The lowest BCUT2D eigenvalue weighted by Crippen LogP contribution is -2.30. The largest absolute Gasteiger partial charge is 0.452 e. The van der Waals surface area contributed by atoms with Gasteiger partial charge in [-0.3, -0.25) is 9.48 Å². The van der Waals surface area contributed by atoms with Crippen LogP contribution in [0.25, 0.3) is 6.08 Å². The maximum atomic E-state index is 12.0. The molecule has 28 heavy (non-hydrogen) atoms. The van der Waals surface area contributed by atoms with E-state index in [4.69, 9.17) is 4.74 Å². The molecule has 0 aliphatic rings. The quantitative estimate of drug-likeness (QED) is 0.434. The summed E-state index contributed by atoms with van der Waals surface area (Å²) in [7, 11) is 1.69. The highest BCUT2D eigenvalue weighted by molar-refractivity contribution is 7.07. The molecule has 0 aliphatic carbocycles. The Labute approximate surface area is 167 Å². The van der Waals surface area contributed by atoms with Crippen LogP contribution >= 0.6 is 11.3 Å². The molecule has 0 atom stereocenters. The lowest BCUT2D eigenvalue weighted by Gasteiger charge is -2.15. The Morgan fingerprint density at radius 2 is 2.04 bits per heavy atom. The highest BCUT2D eigenvalue weighted by Crippen LogP contribution is 2.09. The van der Waals surface area contributed by atoms with E-state index < -0.39 is 5.97 Å². The molecule has 0 fully saturated rings. The molecule has 0 N–H and O–H groups in total. The number of carbonyl (C=O) groups excluding carboxylic acids is 2. The average molecular weight is 395 g/mol. The van der Waals surface area contributed by atoms with Gasteiger partial charge in [-0.2, -0.15) is 16.4 Å². The van der Waals surface area contributed by atoms with Gasteiger partial charge in [0.05, 0.1) is 12.7 Å². The van der Waals surface area contributed by atoms with Crippen molar-refractivity contribution in [3.8, 4) is 0 Å². The number of hydrogen-bond acceptors (Lipinski definition) is 5. The van der Waals surface area contributed by atoms with Crippen molar-refractivity contribution in [3.63, 3.8) is 0 Å². The molecule has 0 saturated carbocycles. The zero-order chi connectivity index (χ0) is 19.8. The maximum absolute atomic E-state index is 12.0. The summed E-state index contributed by atoms with van der Waals surface area (Å²) < 4.78 is 6.82. The van der Waals surface area contributed by atoms with Crippen LogP contribution in [0.4, 0.5) is 0 Å². The Bertz CT molecular complexity index is 933. The van der Waals surface area contributed by atoms with Gasteiger partial charge in [0.1, 0.15) is 0 Å². The molecule has 2 heterocycles. The van der Waals surface area contributed by atoms with Gasteiger partial charge in [0.2, 0.25) is 0 Å². The van der Waals surface area contributed by atoms with E-state index in [1.54, 1.807) is 35.3 Å². The van der Waals surface area contributed by atoms with Crippen LogP contribution in [0.15, 0.2) is 65.6 Å². The first-order valence-corrected chi connectivity index (χ1v) is 9.70. The third kappa shape index (κ3) is 5.92. The van der Waals surface area contributed by atoms with E-state index in [9.17, 15) is 9.59 Å². The van der Waals surface area contributed by atoms with E-state index in [1.165, 1.54) is 11.0 Å². The Kier molecular flexibility index (Phi) is 6.75. The van der Waals surface area contributed by atoms with E-state index >= 15 is 0 Å². The van der Waals surface area contributed by atoms with Gasteiger partial charge in [-0.05, 0) is 34.0 Å². The molecule has 0 aliphatic heterocycles. The molecule has 0 unspecified atom stereocenters. The zero-order valence-corrected chi connectivity index (χ0v) is 16.3. The summed E-state index contributed by atoms with van der Waals surface area (Å²) in [6, 6.07) is 11.9. The maximum Gasteiger partial charge on any atom is 0.331 e. The van der Waals surface area contributed by atoms with Crippen LogP contribution in [0.2, 0.25) is 0 Å². The predicted molar refractivity (Wildman–Crippen MR) is 109 cm³/mol. The predicted octanol–water partition coefficient (Wildman–Crippen LogP) is 3.21. The van der Waals surface area contributed by atoms with Gasteiger partial charge in [-0.25, -0.2) is 4.79 Å². The fourth-order valence-corrected chi connectivity index (χ4v) is 3.18. The van der Waals surface area contributed by atoms with Gasteiger partial charge in [0.25, 0.3) is 5.91 Å². The van der Waals surface area contributed by atoms with Crippen molar-refractivity contribution in [1.82, 2.24) is 14.7 Å². The van der Waals surface area contributed by atoms with E-state index in [0.717, 1.165) is 16.7 Å². The van der Waals surface area contributed by atoms with Gasteiger partial charge in [0.15, 0.2) is 6.61 Å². The van der Waals surface area contributed by atoms with Crippen molar-refractivity contribution in [3.05, 3.63) is 82.3 Å². The van der Waals surface area contributed by atoms with Gasteiger partial charge >= 0.3 is 5.97 Å². The van der Waals surface area contributed by atoms with E-state index in [1.807, 2.05) is 53.4 Å². The molecule has 144 valence electrons. The number of amides is 1. The van der Waals surface area contributed by atoms with Crippen LogP contribution in [0, 0.1) is 0 Å². The number of aromatic nitrogens is 2. The van der Waals surface area contributed by atoms with Crippen molar-refractivity contribution in [2.75, 3.05) is 13.7 Å². The van der Waals surface area contributed by atoms with Crippen LogP contribution in [-0.4, -0.2) is 40.2 Å². The molecule has 0 spiro atoms. The Morgan fingerprint density at radius 1 is 1.21 bits per heavy atom. The van der Waals surface area contributed by atoms with Gasteiger partial charge in [-0.1, -0.05) is 30.3 Å². The second kappa shape index (κ2) is 9.66. The summed E-state index contributed by atoms with van der Waals surface area (Å²) in [5.74, 6) is -0.809. The summed E-state index contributed by atoms with van der Waals surface area (Å²) >= 11 is 1.58. The van der Waals surface area contributed by atoms with Crippen molar-refractivity contribution < 1.29 is 14.3 Å². The van der Waals surface area contributed by atoms with Crippen molar-refractivity contribution in [1.29, 1.82) is 0 Å². The molecule has 6 nitrogen and oxygen atoms in total. The average Bonchev–Trinajstić information content (AvgIpc) is 3.37. The zero-order valence-electron chi connectivity index (χ0n) is 15.5. The van der Waals surface area contributed by atoms with Crippen molar-refractivity contribution >= 4 is 29.3 Å². The molecule has 1 aromatic carbocycles. The van der Waals surface area contributed by atoms with Crippen LogP contribution in [0.1, 0.15) is 16.7 Å². The molecule has 0 radical (unpaired) electrons. The summed E-state index contributed by atoms with van der Waals surface area (Å²) in [4.78, 5) is 25.4. The Hall–Kier alpha value is -3.19. The van der Waals surface area contributed by atoms with E-state index in [-0.39, 0.29) is 12.5 Å². The number of thiophene rings is 1. The van der Waals surface area contributed by atoms with Crippen LogP contribution in [0.3, 0.4) is 0 Å². The second-order valence-corrected chi connectivity index (χ2v) is 7.06. The second-order valence-electron chi connectivity index (χ2n) is 6.28. The summed E-state index contributed by atoms with van der Waals surface area (Å²) in [5.41, 5.74) is 2.99. The van der Waals surface area contributed by atoms with Crippen LogP contribution < -0.4 is 0 Å². The summed E-state index contributed by atoms with van der Waals surface area (Å²) in [5, 5.41) is 8.22. The molecule has 0 saturated heterocycles. The smallest absolute Gasteiger partial charge is 0.331 e. The number of ether oxygens (including phenoxy) is 1. The van der Waals surface area contributed by atoms with Crippen LogP contribution in [-0.2, 0) is 27.4 Å². The molecule has 3 rings (SSSR count). The fraction of sp³-hybridized carbons (Fsp3) is 0.190. The minimum absolute atomic E-state index is 0.247. The molecule has 1 amide bonds. The topological polar surface area (TPSA) is 64.4 Å². The number of rotatable bonds is 8. The number of nitrogens with zero attached hydrogens (tertiary/aromatic N) is 3. The molecule has 2 aromatic heterocycles. The first-order chi connectivity index (χ1) is 13.6. The number of likely N-dealkylation sites (N-methyl/N-ethyl adjacent to an activating group) is 1. The monoisotopic (exact) mass is 395 g/mol. The third-order valence-electron chi connectivity index (χ3n) is 4.02. The lowest BCUT2D eigenvalue weighted by atomic mass is 10.2. The minimum atomic E-state index is -0.562. The summed E-state index contributed by atoms with van der Waals surface area (Å²) in [6.45, 7) is 0.873. The summed E-state index contributed by atoms with van der Waals surface area (Å²) in [6.07, 6.45) is 6.44. The molecular formula is C21H21N3O3S. The first kappa shape index (κ1) is 19.6. The standard InChI is InChI=1S/C21H21N3O3S/c1-23(12-19-9-10-28-16-19)20(25)15-27-21(26)8-7-18-11-22-24(14-18)13-17-5-3-2-4-6-17/h2-11,14,16H,12-13,15H2,1H3/b8-7+. The molecule has 3 aromatic rings. The number of esters is 1. The van der Waals surface area contributed by atoms with E-state index in [0.29, 0.717) is 13.1 Å². The minimum Gasteiger partial charge on any atom is -0.452 e. The highest BCUT2D eigenvalue weighted by atomic mass is 32.1. The Morgan fingerprint density at radius 3 is 2.79 bits per heavy atom. The fourth-order valence-electron chi connectivity index (χ4n) is 2.52. The van der Waals surface area contributed by atoms with Crippen molar-refractivity contribution in [2.45, 2.75) is 13.1 Å². The van der Waals surface area contributed by atoms with Gasteiger partial charge in [0, 0.05) is 31.4 Å². The SMILES string of the molecule is CN(Cc1ccsc1)C(=O)COC(=O)/C=C/c1cnn(Cc2ccccc2)c1. The molecule has 7 heteroatoms. The van der Waals surface area contributed by atoms with Crippen molar-refractivity contribution in [2.24, 2.45) is 0 Å². The van der Waals surface area contributed by atoms with Gasteiger partial charge in [-0.15, -0.1) is 0 Å². The van der Waals surface area contributed by atoms with Gasteiger partial charge < -0.3 is 9.64 Å². The first-order valence-electron chi connectivity index (χ1n) is 8.76. The molecule has 0 bridgehead atoms. The number of carbonyl (C=O) groups is 2. The lowest BCUT2D eigenvalue weighted by molar-refractivity contribution is -0.147. The molecular weight excluding hydrogens is 374 g/mol. The van der Waals surface area contributed by atoms with Crippen LogP contribution in [0.5, 0.6) is 0 Å². The number of benzene rings is 1. The third-order valence-corrected chi connectivity index (χ3v) is 4.75. The normalized spacial score (nSPS) is 10.9. The highest BCUT2D eigenvalue weighted by Gasteiger charge is 2.11. The Balaban J connectivity index is 1.44.